The molecule has 0 spiro atoms. The summed E-state index contributed by atoms with van der Waals surface area (Å²) in [6.45, 7) is 1.63. The summed E-state index contributed by atoms with van der Waals surface area (Å²) in [5, 5.41) is 26.1. The zero-order valence-corrected chi connectivity index (χ0v) is 12.2. The third-order valence-electron chi connectivity index (χ3n) is 2.84. The van der Waals surface area contributed by atoms with E-state index in [-0.39, 0.29) is 45.8 Å². The molecule has 0 aliphatic carbocycles. The van der Waals surface area contributed by atoms with Crippen molar-refractivity contribution in [3.8, 4) is 11.8 Å². The van der Waals surface area contributed by atoms with Gasteiger partial charge >= 0.3 is 29.6 Å². The van der Waals surface area contributed by atoms with Gasteiger partial charge in [0.1, 0.15) is 11.8 Å². The van der Waals surface area contributed by atoms with Crippen molar-refractivity contribution >= 4 is 51.1 Å². The Morgan fingerprint density at radius 1 is 1.13 bits per heavy atom. The molecular formula is C14H12N3NaO4S. The molecule has 0 saturated carbocycles. The predicted octanol–water partition coefficient (Wildman–Crippen LogP) is 2.59. The number of nitrogens with zero attached hydrogens (tertiary/aromatic N) is 3. The molecule has 0 aliphatic rings. The van der Waals surface area contributed by atoms with Crippen molar-refractivity contribution in [3.05, 3.63) is 47.5 Å². The molecule has 0 radical (unpaired) electrons. The van der Waals surface area contributed by atoms with Crippen LogP contribution >= 0.6 is 0 Å². The topological polar surface area (TPSA) is 123 Å². The van der Waals surface area contributed by atoms with Crippen LogP contribution in [0.1, 0.15) is 11.1 Å². The predicted molar refractivity (Wildman–Crippen MR) is 85.1 cm³/mol. The molecule has 0 aliphatic heterocycles. The summed E-state index contributed by atoms with van der Waals surface area (Å²) in [6.07, 6.45) is 0. The second kappa shape index (κ2) is 7.68. The van der Waals surface area contributed by atoms with E-state index in [9.17, 15) is 13.5 Å². The van der Waals surface area contributed by atoms with Gasteiger partial charge in [-0.1, -0.05) is 0 Å². The van der Waals surface area contributed by atoms with E-state index in [1.807, 2.05) is 6.07 Å². The normalized spacial score (nSPS) is 11.0. The van der Waals surface area contributed by atoms with Crippen LogP contribution in [0.2, 0.25) is 0 Å². The number of hydrogen-bond acceptors (Lipinski definition) is 6. The molecular weight excluding hydrogens is 329 g/mol. The Hall–Kier alpha value is -1.76. The number of aryl methyl sites for hydroxylation is 1. The van der Waals surface area contributed by atoms with Gasteiger partial charge in [-0.05, 0) is 48.9 Å². The van der Waals surface area contributed by atoms with Crippen LogP contribution in [-0.2, 0) is 10.1 Å². The zero-order valence-electron chi connectivity index (χ0n) is 11.4. The van der Waals surface area contributed by atoms with E-state index < -0.39 is 10.1 Å². The standard InChI is InChI=1S/C14H11N3O4S.Na.H/c1-9-6-12(22(19,20)21)3-4-13(9)17-16-11-2-5-14(18)10(7-11)8-15;;/h2-7,18H,1H3,(H,19,20,21);;. The quantitative estimate of drug-likeness (QED) is 0.504. The van der Waals surface area contributed by atoms with Crippen LogP contribution < -0.4 is 0 Å². The maximum absolute atomic E-state index is 11.0. The second-order valence-electron chi connectivity index (χ2n) is 4.44. The molecule has 0 aromatic heterocycles. The van der Waals surface area contributed by atoms with Crippen LogP contribution in [0.15, 0.2) is 51.5 Å². The monoisotopic (exact) mass is 341 g/mol. The first-order chi connectivity index (χ1) is 10.3. The molecule has 0 saturated heterocycles. The number of rotatable bonds is 3. The van der Waals surface area contributed by atoms with Gasteiger partial charge in [0.25, 0.3) is 10.1 Å². The Bertz CT molecular complexity index is 905. The molecule has 0 amide bonds. The fraction of sp³-hybridized carbons (Fsp3) is 0.0714. The van der Waals surface area contributed by atoms with E-state index >= 15 is 0 Å². The minimum absolute atomic E-state index is 0. The molecule has 2 aromatic rings. The molecule has 2 aromatic carbocycles. The molecule has 23 heavy (non-hydrogen) atoms. The van der Waals surface area contributed by atoms with Crippen molar-refractivity contribution in [2.75, 3.05) is 0 Å². The summed E-state index contributed by atoms with van der Waals surface area (Å²) in [5.74, 6) is -0.143. The Kier molecular flexibility index (Phi) is 6.44. The molecule has 0 bridgehead atoms. The number of azo groups is 1. The number of phenols is 1. The first-order valence-corrected chi connectivity index (χ1v) is 7.48. The molecule has 2 N–H and O–H groups in total. The fourth-order valence-electron chi connectivity index (χ4n) is 1.69. The zero-order chi connectivity index (χ0) is 16.3. The summed E-state index contributed by atoms with van der Waals surface area (Å²) in [6, 6.07) is 9.93. The van der Waals surface area contributed by atoms with E-state index in [0.29, 0.717) is 16.9 Å². The van der Waals surface area contributed by atoms with Gasteiger partial charge < -0.3 is 5.11 Å². The summed E-state index contributed by atoms with van der Waals surface area (Å²) >= 11 is 0. The van der Waals surface area contributed by atoms with Gasteiger partial charge in [-0.15, -0.1) is 0 Å². The Morgan fingerprint density at radius 2 is 1.83 bits per heavy atom. The van der Waals surface area contributed by atoms with Crippen LogP contribution in [0.25, 0.3) is 0 Å². The van der Waals surface area contributed by atoms with E-state index in [1.54, 1.807) is 6.92 Å². The molecule has 2 rings (SSSR count). The average Bonchev–Trinajstić information content (AvgIpc) is 2.46. The molecule has 0 fully saturated rings. The van der Waals surface area contributed by atoms with Gasteiger partial charge in [0.15, 0.2) is 0 Å². The average molecular weight is 341 g/mol. The molecule has 0 unspecified atom stereocenters. The summed E-state index contributed by atoms with van der Waals surface area (Å²) in [5.41, 5.74) is 1.37. The maximum atomic E-state index is 11.0. The van der Waals surface area contributed by atoms with E-state index in [0.717, 1.165) is 0 Å². The van der Waals surface area contributed by atoms with Gasteiger partial charge in [-0.25, -0.2) is 0 Å². The third-order valence-corrected chi connectivity index (χ3v) is 3.69. The van der Waals surface area contributed by atoms with Gasteiger partial charge in [0.05, 0.1) is 21.8 Å². The number of phenolic OH excluding ortho intramolecular Hbond substituents is 1. The Labute approximate surface area is 155 Å². The van der Waals surface area contributed by atoms with E-state index in [1.165, 1.54) is 36.4 Å². The van der Waals surface area contributed by atoms with Gasteiger partial charge in [-0.2, -0.15) is 23.9 Å². The SMILES string of the molecule is Cc1cc(S(=O)(=O)O)ccc1N=Nc1ccc(O)c(C#N)c1.[NaH]. The first-order valence-electron chi connectivity index (χ1n) is 6.04. The molecule has 114 valence electrons. The van der Waals surface area contributed by atoms with Crippen LogP contribution in [0.5, 0.6) is 5.75 Å². The Balaban J connectivity index is 0.00000264. The molecule has 0 heterocycles. The van der Waals surface area contributed by atoms with Gasteiger partial charge in [0, 0.05) is 0 Å². The molecule has 9 heteroatoms. The minimum atomic E-state index is -4.26. The summed E-state index contributed by atoms with van der Waals surface area (Å²) in [7, 11) is -4.26. The van der Waals surface area contributed by atoms with E-state index in [4.69, 9.17) is 9.81 Å². The molecule has 7 nitrogen and oxygen atoms in total. The number of hydrogen-bond donors (Lipinski definition) is 2. The van der Waals surface area contributed by atoms with Gasteiger partial charge in [-0.3, -0.25) is 4.55 Å². The second-order valence-corrected chi connectivity index (χ2v) is 5.86. The van der Waals surface area contributed by atoms with Crippen molar-refractivity contribution in [2.24, 2.45) is 10.2 Å². The van der Waals surface area contributed by atoms with Crippen molar-refractivity contribution in [2.45, 2.75) is 11.8 Å². The van der Waals surface area contributed by atoms with Crippen LogP contribution in [0.4, 0.5) is 11.4 Å². The van der Waals surface area contributed by atoms with Crippen LogP contribution in [-0.4, -0.2) is 47.6 Å². The summed E-state index contributed by atoms with van der Waals surface area (Å²) in [4.78, 5) is -0.222. The molecule has 0 atom stereocenters. The van der Waals surface area contributed by atoms with Crippen molar-refractivity contribution in [1.82, 2.24) is 0 Å². The number of nitriles is 1. The van der Waals surface area contributed by atoms with Crippen molar-refractivity contribution in [1.29, 1.82) is 5.26 Å². The summed E-state index contributed by atoms with van der Waals surface area (Å²) < 4.78 is 31.0. The van der Waals surface area contributed by atoms with Crippen LogP contribution in [0.3, 0.4) is 0 Å². The fourth-order valence-corrected chi connectivity index (χ4v) is 2.25. The number of aromatic hydroxyl groups is 1. The van der Waals surface area contributed by atoms with Crippen LogP contribution in [0, 0.1) is 18.3 Å². The van der Waals surface area contributed by atoms with E-state index in [2.05, 4.69) is 10.2 Å². The third kappa shape index (κ3) is 4.86. The number of benzene rings is 2. The first kappa shape index (κ1) is 19.3. The van der Waals surface area contributed by atoms with Crippen molar-refractivity contribution < 1.29 is 18.1 Å². The van der Waals surface area contributed by atoms with Crippen molar-refractivity contribution in [3.63, 3.8) is 0 Å². The van der Waals surface area contributed by atoms with Gasteiger partial charge in [0.2, 0.25) is 0 Å². The Morgan fingerprint density at radius 3 is 2.39 bits per heavy atom.